The van der Waals surface area contributed by atoms with Gasteiger partial charge >= 0.3 is 5.97 Å². The summed E-state index contributed by atoms with van der Waals surface area (Å²) < 4.78 is 7.56. The molecule has 1 atom stereocenters. The number of rotatable bonds is 2. The molecule has 2 heterocycles. The molecule has 0 saturated carbocycles. The minimum Gasteiger partial charge on any atom is -0.480 e. The van der Waals surface area contributed by atoms with Crippen LogP contribution in [0.3, 0.4) is 0 Å². The molecule has 0 bridgehead atoms. The zero-order valence-electron chi connectivity index (χ0n) is 9.80. The second-order valence-electron chi connectivity index (χ2n) is 4.08. The zero-order valence-corrected chi connectivity index (χ0v) is 11.4. The van der Waals surface area contributed by atoms with Crippen molar-refractivity contribution >= 4 is 27.8 Å². The molecule has 98 valence electrons. The molecule has 0 aliphatic carbocycles. The van der Waals surface area contributed by atoms with Crippen LogP contribution in [0.1, 0.15) is 10.5 Å². The fourth-order valence-corrected chi connectivity index (χ4v) is 2.46. The van der Waals surface area contributed by atoms with Gasteiger partial charge in [-0.3, -0.25) is 4.79 Å². The smallest absolute Gasteiger partial charge is 0.328 e. The summed E-state index contributed by atoms with van der Waals surface area (Å²) >= 11 is 3.29. The third-order valence-electron chi connectivity index (χ3n) is 2.87. The molecule has 1 aliphatic rings. The average Bonchev–Trinajstić information content (AvgIpc) is 2.67. The van der Waals surface area contributed by atoms with E-state index in [2.05, 4.69) is 15.9 Å². The minimum absolute atomic E-state index is 0.0344. The Hall–Kier alpha value is -1.34. The first-order valence-corrected chi connectivity index (χ1v) is 6.23. The van der Waals surface area contributed by atoms with Crippen molar-refractivity contribution < 1.29 is 19.4 Å². The molecule has 7 heteroatoms. The van der Waals surface area contributed by atoms with Crippen LogP contribution >= 0.6 is 15.9 Å². The summed E-state index contributed by atoms with van der Waals surface area (Å²) in [4.78, 5) is 24.8. The van der Waals surface area contributed by atoms with Crippen LogP contribution in [0.2, 0.25) is 0 Å². The maximum Gasteiger partial charge on any atom is 0.328 e. The molecule has 0 radical (unpaired) electrons. The van der Waals surface area contributed by atoms with Crippen molar-refractivity contribution in [3.63, 3.8) is 0 Å². The van der Waals surface area contributed by atoms with Crippen molar-refractivity contribution in [1.82, 2.24) is 9.47 Å². The van der Waals surface area contributed by atoms with E-state index in [0.29, 0.717) is 18.8 Å². The molecule has 0 spiro atoms. The number of hydrogen-bond donors (Lipinski definition) is 1. The SMILES string of the molecule is Cn1cc(Br)cc1C(=O)N1CCOC[C@@H]1C(=O)O. The number of carboxylic acid groups (broad SMARTS) is 1. The predicted octanol–water partition coefficient (Wildman–Crippen LogP) is 0.713. The van der Waals surface area contributed by atoms with Gasteiger partial charge in [-0.2, -0.15) is 0 Å². The molecule has 1 aromatic heterocycles. The van der Waals surface area contributed by atoms with Crippen molar-refractivity contribution in [2.24, 2.45) is 7.05 Å². The van der Waals surface area contributed by atoms with Gasteiger partial charge in [0.2, 0.25) is 0 Å². The van der Waals surface area contributed by atoms with E-state index in [1.165, 1.54) is 4.90 Å². The number of hydrogen-bond acceptors (Lipinski definition) is 3. The molecule has 1 aliphatic heterocycles. The van der Waals surface area contributed by atoms with Crippen molar-refractivity contribution in [1.29, 1.82) is 0 Å². The van der Waals surface area contributed by atoms with Crippen LogP contribution in [-0.4, -0.2) is 52.3 Å². The number of carbonyl (C=O) groups is 2. The molecule has 18 heavy (non-hydrogen) atoms. The first-order chi connectivity index (χ1) is 8.50. The Kier molecular flexibility index (Phi) is 3.72. The summed E-state index contributed by atoms with van der Waals surface area (Å²) in [6, 6.07) is 0.761. The van der Waals surface area contributed by atoms with Crippen LogP contribution in [0.25, 0.3) is 0 Å². The van der Waals surface area contributed by atoms with Crippen LogP contribution in [0.4, 0.5) is 0 Å². The van der Waals surface area contributed by atoms with Gasteiger partial charge in [0.25, 0.3) is 5.91 Å². The summed E-state index contributed by atoms with van der Waals surface area (Å²) in [7, 11) is 1.74. The number of morpholine rings is 1. The van der Waals surface area contributed by atoms with Crippen LogP contribution in [0.15, 0.2) is 16.7 Å². The van der Waals surface area contributed by atoms with Gasteiger partial charge in [0, 0.05) is 24.3 Å². The highest BCUT2D eigenvalue weighted by Gasteiger charge is 2.34. The van der Waals surface area contributed by atoms with Gasteiger partial charge in [0.15, 0.2) is 6.04 Å². The molecule has 1 amide bonds. The number of carboxylic acids is 1. The first-order valence-electron chi connectivity index (χ1n) is 5.44. The van der Waals surface area contributed by atoms with Crippen molar-refractivity contribution in [3.8, 4) is 0 Å². The molecule has 2 rings (SSSR count). The van der Waals surface area contributed by atoms with E-state index in [-0.39, 0.29) is 12.5 Å². The molecule has 6 nitrogen and oxygen atoms in total. The Morgan fingerprint density at radius 2 is 2.28 bits per heavy atom. The van der Waals surface area contributed by atoms with Gasteiger partial charge in [0.1, 0.15) is 5.69 Å². The number of ether oxygens (including phenoxy) is 1. The van der Waals surface area contributed by atoms with E-state index in [1.807, 2.05) is 0 Å². The largest absolute Gasteiger partial charge is 0.480 e. The molecule has 1 saturated heterocycles. The number of aryl methyl sites for hydroxylation is 1. The number of carbonyl (C=O) groups excluding carboxylic acids is 1. The highest BCUT2D eigenvalue weighted by Crippen LogP contribution is 2.18. The van der Waals surface area contributed by atoms with Crippen LogP contribution in [0, 0.1) is 0 Å². The fourth-order valence-electron chi connectivity index (χ4n) is 1.94. The Bertz CT molecular complexity index is 485. The predicted molar refractivity (Wildman–Crippen MR) is 66.4 cm³/mol. The van der Waals surface area contributed by atoms with Crippen molar-refractivity contribution in [3.05, 3.63) is 22.4 Å². The van der Waals surface area contributed by atoms with Crippen molar-refractivity contribution in [2.45, 2.75) is 6.04 Å². The number of aliphatic carboxylic acids is 1. The van der Waals surface area contributed by atoms with E-state index in [9.17, 15) is 9.59 Å². The molecular formula is C11H13BrN2O4. The third-order valence-corrected chi connectivity index (χ3v) is 3.30. The second kappa shape index (κ2) is 5.11. The normalized spacial score (nSPS) is 19.9. The molecule has 0 unspecified atom stereocenters. The number of halogens is 1. The minimum atomic E-state index is -1.05. The second-order valence-corrected chi connectivity index (χ2v) is 5.00. The lowest BCUT2D eigenvalue weighted by molar-refractivity contribution is -0.147. The topological polar surface area (TPSA) is 71.8 Å². The lowest BCUT2D eigenvalue weighted by Crippen LogP contribution is -2.52. The summed E-state index contributed by atoms with van der Waals surface area (Å²) in [5, 5.41) is 9.09. The summed E-state index contributed by atoms with van der Waals surface area (Å²) in [5.74, 6) is -1.34. The third kappa shape index (κ3) is 2.41. The summed E-state index contributed by atoms with van der Waals surface area (Å²) in [6.45, 7) is 0.687. The highest BCUT2D eigenvalue weighted by molar-refractivity contribution is 9.10. The standard InChI is InChI=1S/C11H13BrN2O4/c1-13-5-7(12)4-8(13)10(15)14-2-3-18-6-9(14)11(16)17/h4-5,9H,2-3,6H2,1H3,(H,16,17)/t9-/m1/s1. The maximum atomic E-state index is 12.3. The van der Waals surface area contributed by atoms with Gasteiger partial charge in [-0.05, 0) is 22.0 Å². The van der Waals surface area contributed by atoms with E-state index in [0.717, 1.165) is 4.47 Å². The molecular weight excluding hydrogens is 304 g/mol. The molecule has 1 N–H and O–H groups in total. The Morgan fingerprint density at radius 1 is 1.56 bits per heavy atom. The Labute approximate surface area is 112 Å². The van der Waals surface area contributed by atoms with Gasteiger partial charge in [-0.25, -0.2) is 4.79 Å². The zero-order chi connectivity index (χ0) is 13.3. The summed E-state index contributed by atoms with van der Waals surface area (Å²) in [6.07, 6.45) is 1.75. The van der Waals surface area contributed by atoms with E-state index in [4.69, 9.17) is 9.84 Å². The molecule has 1 aromatic rings. The number of aromatic nitrogens is 1. The van der Waals surface area contributed by atoms with E-state index in [1.54, 1.807) is 23.9 Å². The first kappa shape index (κ1) is 13.1. The fraction of sp³-hybridized carbons (Fsp3) is 0.455. The lowest BCUT2D eigenvalue weighted by Gasteiger charge is -2.32. The monoisotopic (exact) mass is 316 g/mol. The number of nitrogens with zero attached hydrogens (tertiary/aromatic N) is 2. The Balaban J connectivity index is 2.26. The van der Waals surface area contributed by atoms with Gasteiger partial charge in [-0.15, -0.1) is 0 Å². The quantitative estimate of drug-likeness (QED) is 0.872. The maximum absolute atomic E-state index is 12.3. The van der Waals surface area contributed by atoms with Crippen LogP contribution in [-0.2, 0) is 16.6 Å². The molecule has 0 aromatic carbocycles. The highest BCUT2D eigenvalue weighted by atomic mass is 79.9. The van der Waals surface area contributed by atoms with Gasteiger partial charge in [-0.1, -0.05) is 0 Å². The van der Waals surface area contributed by atoms with Gasteiger partial charge < -0.3 is 19.3 Å². The Morgan fingerprint density at radius 3 is 2.83 bits per heavy atom. The van der Waals surface area contributed by atoms with Crippen LogP contribution in [0.5, 0.6) is 0 Å². The van der Waals surface area contributed by atoms with E-state index < -0.39 is 12.0 Å². The average molecular weight is 317 g/mol. The van der Waals surface area contributed by atoms with Gasteiger partial charge in [0.05, 0.1) is 13.2 Å². The summed E-state index contributed by atoms with van der Waals surface area (Å²) in [5.41, 5.74) is 0.454. The van der Waals surface area contributed by atoms with E-state index >= 15 is 0 Å². The number of amides is 1. The van der Waals surface area contributed by atoms with Crippen LogP contribution < -0.4 is 0 Å². The lowest BCUT2D eigenvalue weighted by atomic mass is 10.2. The van der Waals surface area contributed by atoms with Crippen molar-refractivity contribution in [2.75, 3.05) is 19.8 Å². The molecule has 1 fully saturated rings.